The Morgan fingerprint density at radius 2 is 1.42 bits per heavy atom. The van der Waals surface area contributed by atoms with Crippen LogP contribution in [0.15, 0.2) is 41.8 Å². The highest BCUT2D eigenvalue weighted by molar-refractivity contribution is 5.97. The fourth-order valence-electron chi connectivity index (χ4n) is 8.06. The second kappa shape index (κ2) is 24.8. The van der Waals surface area contributed by atoms with Gasteiger partial charge >= 0.3 is 0 Å². The van der Waals surface area contributed by atoms with Crippen LogP contribution in [0.4, 0.5) is 0 Å². The number of aromatic amines is 1. The fraction of sp³-hybridized carbons (Fsp3) is 0.571. The zero-order valence-corrected chi connectivity index (χ0v) is 36.2. The molecule has 0 unspecified atom stereocenters. The monoisotopic (exact) mass is 893 g/mol. The molecule has 1 saturated heterocycles. The van der Waals surface area contributed by atoms with Crippen LogP contribution in [0, 0.1) is 5.92 Å². The highest BCUT2D eigenvalue weighted by atomic mass is 16.3. The number of carbonyl (C=O) groups excluding carboxylic acids is 8. The number of carbonyl (C=O) groups is 8. The van der Waals surface area contributed by atoms with Crippen LogP contribution in [-0.4, -0.2) is 123 Å². The maximum absolute atomic E-state index is 14.7. The first-order valence-corrected chi connectivity index (χ1v) is 21.7. The summed E-state index contributed by atoms with van der Waals surface area (Å²) >= 11 is 0. The minimum atomic E-state index is -1.27. The summed E-state index contributed by atoms with van der Waals surface area (Å²) in [5, 5.41) is 23.3. The number of hydrogen-bond donors (Lipinski definition) is 11. The topological polar surface area (TPSA) is 365 Å². The van der Waals surface area contributed by atoms with Gasteiger partial charge in [-0.15, -0.1) is 0 Å². The molecule has 2 aromatic rings. The number of phenolic OH excluding ortho intramolecular Hbond substituents is 1. The zero-order chi connectivity index (χ0) is 46.8. The van der Waals surface area contributed by atoms with E-state index in [-0.39, 0.29) is 75.7 Å². The quantitative estimate of drug-likeness (QED) is 0.0313. The van der Waals surface area contributed by atoms with E-state index >= 15 is 0 Å². The Morgan fingerprint density at radius 1 is 0.781 bits per heavy atom. The van der Waals surface area contributed by atoms with Gasteiger partial charge < -0.3 is 64.5 Å². The van der Waals surface area contributed by atoms with Crippen molar-refractivity contribution in [2.45, 2.75) is 133 Å². The number of likely N-dealkylation sites (tertiary alicyclic amines) is 1. The number of aromatic nitrogens is 2. The number of aliphatic imine (C=N–C) groups is 1. The summed E-state index contributed by atoms with van der Waals surface area (Å²) in [7, 11) is 0. The van der Waals surface area contributed by atoms with Crippen LogP contribution in [0.25, 0.3) is 0 Å². The van der Waals surface area contributed by atoms with Crippen LogP contribution in [0.2, 0.25) is 0 Å². The molecule has 2 fully saturated rings. The smallest absolute Gasteiger partial charge is 0.245 e. The molecule has 6 atom stereocenters. The van der Waals surface area contributed by atoms with E-state index in [9.17, 15) is 43.5 Å². The lowest BCUT2D eigenvalue weighted by Crippen LogP contribution is -2.60. The van der Waals surface area contributed by atoms with E-state index in [0.29, 0.717) is 24.1 Å². The van der Waals surface area contributed by atoms with E-state index in [0.717, 1.165) is 32.1 Å². The lowest BCUT2D eigenvalue weighted by Gasteiger charge is -2.33. The summed E-state index contributed by atoms with van der Waals surface area (Å²) in [5.41, 5.74) is 22.8. The first-order chi connectivity index (χ1) is 30.5. The third kappa shape index (κ3) is 16.2. The van der Waals surface area contributed by atoms with Crippen molar-refractivity contribution in [3.05, 3.63) is 48.0 Å². The van der Waals surface area contributed by atoms with Crippen LogP contribution >= 0.6 is 0 Å². The van der Waals surface area contributed by atoms with Gasteiger partial charge in [0.1, 0.15) is 42.0 Å². The highest BCUT2D eigenvalue weighted by Gasteiger charge is 2.41. The van der Waals surface area contributed by atoms with E-state index in [1.54, 1.807) is 12.1 Å². The minimum Gasteiger partial charge on any atom is -0.508 e. The van der Waals surface area contributed by atoms with E-state index in [4.69, 9.17) is 22.9 Å². The van der Waals surface area contributed by atoms with Crippen molar-refractivity contribution in [1.82, 2.24) is 41.5 Å². The Balaban J connectivity index is 1.57. The van der Waals surface area contributed by atoms with Crippen molar-refractivity contribution in [2.24, 2.45) is 33.8 Å². The van der Waals surface area contributed by atoms with Gasteiger partial charge in [-0.3, -0.25) is 43.3 Å². The standard InChI is InChI=1S/C42H63N13O9/c1-24(56)50-30(15-16-35(43)58)37(60)52-32(21-27-22-47-23-49-27)39(62)54-33(20-25-7-3-2-4-8-25)41(64)55-18-6-10-34(55)40(63)53-31(19-26-11-13-28(57)14-12-26)38(61)51-29(36(44)59)9-5-17-48-42(45)46/h11-14,22-23,25,29-34,57H,2-10,15-21H2,1H3,(H2,43,58)(H2,44,59)(H,47,49)(H,50,56)(H,51,61)(H,52,60)(H,53,63)(H,54,62)(H4,45,46,48)/t29-,30+,31-,32+,33-,34+/m0/s1. The molecule has 0 bridgehead atoms. The molecular formula is C42H63N13O9. The van der Waals surface area contributed by atoms with E-state index in [1.165, 1.54) is 36.5 Å². The van der Waals surface area contributed by atoms with Crippen LogP contribution in [-0.2, 0) is 51.2 Å². The molecule has 15 N–H and O–H groups in total. The van der Waals surface area contributed by atoms with Gasteiger partial charge in [0.25, 0.3) is 0 Å². The molecule has 350 valence electrons. The normalized spacial score (nSPS) is 17.4. The largest absolute Gasteiger partial charge is 0.508 e. The minimum absolute atomic E-state index is 0.0114. The lowest BCUT2D eigenvalue weighted by molar-refractivity contribution is -0.143. The summed E-state index contributed by atoms with van der Waals surface area (Å²) in [4.78, 5) is 119. The summed E-state index contributed by atoms with van der Waals surface area (Å²) in [6.07, 6.45) is 8.36. The summed E-state index contributed by atoms with van der Waals surface area (Å²) in [5.74, 6) is -5.44. The van der Waals surface area contributed by atoms with Crippen molar-refractivity contribution in [1.29, 1.82) is 0 Å². The number of H-pyrrole nitrogens is 1. The predicted octanol–water partition coefficient (Wildman–Crippen LogP) is -1.89. The Kier molecular flexibility index (Phi) is 19.3. The number of guanidine groups is 1. The number of rotatable bonds is 24. The molecule has 64 heavy (non-hydrogen) atoms. The van der Waals surface area contributed by atoms with Crippen LogP contribution in [0.1, 0.15) is 95.2 Å². The van der Waals surface area contributed by atoms with Crippen molar-refractivity contribution in [3.8, 4) is 5.75 Å². The molecule has 2 aliphatic rings. The van der Waals surface area contributed by atoms with Crippen molar-refractivity contribution in [2.75, 3.05) is 13.1 Å². The van der Waals surface area contributed by atoms with Gasteiger partial charge in [0.05, 0.1) is 6.33 Å². The Morgan fingerprint density at radius 3 is 2.03 bits per heavy atom. The van der Waals surface area contributed by atoms with Crippen LogP contribution in [0.5, 0.6) is 5.75 Å². The second-order valence-electron chi connectivity index (χ2n) is 16.4. The van der Waals surface area contributed by atoms with Gasteiger partial charge in [0.2, 0.25) is 47.3 Å². The Hall–Kier alpha value is -6.74. The third-order valence-electron chi connectivity index (χ3n) is 11.3. The zero-order valence-electron chi connectivity index (χ0n) is 36.2. The summed E-state index contributed by atoms with van der Waals surface area (Å²) in [6, 6.07) is -0.971. The molecule has 4 rings (SSSR count). The number of hydrogen-bond acceptors (Lipinski definition) is 11. The number of primary amides is 2. The maximum atomic E-state index is 14.7. The highest BCUT2D eigenvalue weighted by Crippen LogP contribution is 2.29. The number of imidazole rings is 1. The Bertz CT molecular complexity index is 1950. The number of aromatic hydroxyl groups is 1. The van der Waals surface area contributed by atoms with Crippen molar-refractivity contribution in [3.63, 3.8) is 0 Å². The fourth-order valence-corrected chi connectivity index (χ4v) is 8.06. The molecule has 0 radical (unpaired) electrons. The number of phenols is 1. The molecular weight excluding hydrogens is 831 g/mol. The maximum Gasteiger partial charge on any atom is 0.245 e. The number of nitrogens with one attached hydrogen (secondary N) is 6. The SMILES string of the molecule is CC(=O)N[C@H](CCC(N)=O)C(=O)N[C@H](Cc1cnc[nH]1)C(=O)N[C@@H](CC1CCCCC1)C(=O)N1CCC[C@@H]1C(=O)N[C@@H](Cc1ccc(O)cc1)C(=O)N[C@@H](CCCN=C(N)N)C(N)=O. The van der Waals surface area contributed by atoms with Gasteiger partial charge in [0.15, 0.2) is 5.96 Å². The molecule has 22 heteroatoms. The van der Waals surface area contributed by atoms with Crippen LogP contribution in [0.3, 0.4) is 0 Å². The van der Waals surface area contributed by atoms with E-state index in [2.05, 4.69) is 41.5 Å². The number of amides is 8. The van der Waals surface area contributed by atoms with Crippen molar-refractivity contribution >= 4 is 53.2 Å². The molecule has 1 aromatic carbocycles. The lowest BCUT2D eigenvalue weighted by atomic mass is 9.84. The second-order valence-corrected chi connectivity index (χ2v) is 16.4. The van der Waals surface area contributed by atoms with E-state index in [1.807, 2.05) is 0 Å². The average Bonchev–Trinajstić information content (AvgIpc) is 3.96. The summed E-state index contributed by atoms with van der Waals surface area (Å²) in [6.45, 7) is 1.56. The molecule has 1 aliphatic carbocycles. The Labute approximate surface area is 371 Å². The average molecular weight is 894 g/mol. The molecule has 1 saturated carbocycles. The van der Waals surface area contributed by atoms with Gasteiger partial charge in [-0.1, -0.05) is 44.2 Å². The number of nitrogens with zero attached hydrogens (tertiary/aromatic N) is 3. The first kappa shape index (κ1) is 49.9. The summed E-state index contributed by atoms with van der Waals surface area (Å²) < 4.78 is 0. The third-order valence-corrected chi connectivity index (χ3v) is 11.3. The number of nitrogens with two attached hydrogens (primary N) is 4. The molecule has 22 nitrogen and oxygen atoms in total. The predicted molar refractivity (Wildman–Crippen MR) is 233 cm³/mol. The van der Waals surface area contributed by atoms with Crippen LogP contribution < -0.4 is 49.5 Å². The van der Waals surface area contributed by atoms with Gasteiger partial charge in [-0.05, 0) is 62.1 Å². The molecule has 1 aliphatic heterocycles. The van der Waals surface area contributed by atoms with Crippen molar-refractivity contribution < 1.29 is 43.5 Å². The van der Waals surface area contributed by atoms with E-state index < -0.39 is 83.5 Å². The first-order valence-electron chi connectivity index (χ1n) is 21.7. The number of benzene rings is 1. The van der Waals surface area contributed by atoms with Gasteiger partial charge in [-0.25, -0.2) is 4.98 Å². The molecule has 8 amide bonds. The molecule has 2 heterocycles. The molecule has 1 aromatic heterocycles. The molecule has 0 spiro atoms. The van der Waals surface area contributed by atoms with Gasteiger partial charge in [-0.2, -0.15) is 0 Å². The van der Waals surface area contributed by atoms with Gasteiger partial charge in [0, 0.05) is 51.2 Å².